The summed E-state index contributed by atoms with van der Waals surface area (Å²) in [5.41, 5.74) is 0. The number of nitrogens with one attached hydrogen (secondary N) is 1. The molecule has 2 N–H and O–H groups in total. The van der Waals surface area contributed by atoms with Crippen LogP contribution in [0.3, 0.4) is 0 Å². The van der Waals surface area contributed by atoms with Crippen molar-refractivity contribution in [3.8, 4) is 0 Å². The largest absolute Gasteiger partial charge is 0.453 e. The van der Waals surface area contributed by atoms with E-state index in [4.69, 9.17) is 5.11 Å². The summed E-state index contributed by atoms with van der Waals surface area (Å²) >= 11 is 0. The van der Waals surface area contributed by atoms with Crippen LogP contribution in [0, 0.1) is 0 Å². The molecule has 0 aromatic carbocycles. The first-order chi connectivity index (χ1) is 4.20. The molecule has 0 aromatic rings. The highest BCUT2D eigenvalue weighted by atomic mass is 16.5. The molecule has 0 saturated heterocycles. The zero-order valence-corrected chi connectivity index (χ0v) is 5.55. The summed E-state index contributed by atoms with van der Waals surface area (Å²) in [4.78, 5) is 10.3. The molecule has 0 rings (SSSR count). The average molecular weight is 133 g/mol. The van der Waals surface area contributed by atoms with Crippen molar-refractivity contribution in [3.63, 3.8) is 0 Å². The van der Waals surface area contributed by atoms with Gasteiger partial charge in [0.25, 0.3) is 0 Å². The van der Waals surface area contributed by atoms with Crippen molar-refractivity contribution in [2.24, 2.45) is 0 Å². The summed E-state index contributed by atoms with van der Waals surface area (Å²) in [7, 11) is 1.28. The van der Waals surface area contributed by atoms with E-state index < -0.39 is 6.09 Å². The molecule has 4 nitrogen and oxygen atoms in total. The predicted octanol–water partition coefficient (Wildman–Crippen LogP) is -0.277. The third kappa shape index (κ3) is 3.78. The van der Waals surface area contributed by atoms with Gasteiger partial charge in [0.1, 0.15) is 0 Å². The zero-order valence-electron chi connectivity index (χ0n) is 5.55. The monoisotopic (exact) mass is 133 g/mol. The molecule has 4 heteroatoms. The van der Waals surface area contributed by atoms with E-state index in [1.807, 2.05) is 0 Å². The van der Waals surface area contributed by atoms with Crippen molar-refractivity contribution in [1.29, 1.82) is 0 Å². The van der Waals surface area contributed by atoms with Gasteiger partial charge in [-0.05, 0) is 6.92 Å². The molecule has 0 aliphatic heterocycles. The molecule has 0 aromatic heterocycles. The van der Waals surface area contributed by atoms with E-state index >= 15 is 0 Å². The lowest BCUT2D eigenvalue weighted by Gasteiger charge is -2.07. The molecule has 0 heterocycles. The minimum atomic E-state index is -0.517. The number of carbonyl (C=O) groups is 1. The molecule has 0 aliphatic carbocycles. The molecule has 0 aliphatic rings. The molecule has 1 amide bonds. The summed E-state index contributed by atoms with van der Waals surface area (Å²) in [6, 6.07) is -0.238. The van der Waals surface area contributed by atoms with Crippen LogP contribution >= 0.6 is 0 Å². The maximum absolute atomic E-state index is 10.3. The highest BCUT2D eigenvalue weighted by Gasteiger charge is 2.02. The Kier molecular flexibility index (Phi) is 3.79. The molecule has 54 valence electrons. The van der Waals surface area contributed by atoms with Gasteiger partial charge in [-0.1, -0.05) is 0 Å². The lowest BCUT2D eigenvalue weighted by atomic mass is 10.4. The summed E-state index contributed by atoms with van der Waals surface area (Å²) in [5, 5.41) is 10.8. The quantitative estimate of drug-likeness (QED) is 0.544. The Morgan fingerprint density at radius 2 is 2.44 bits per heavy atom. The van der Waals surface area contributed by atoms with Crippen LogP contribution in [0.25, 0.3) is 0 Å². The van der Waals surface area contributed by atoms with E-state index in [-0.39, 0.29) is 12.6 Å². The number of aliphatic hydroxyl groups is 1. The maximum atomic E-state index is 10.3. The second kappa shape index (κ2) is 4.14. The fourth-order valence-electron chi connectivity index (χ4n) is 0.306. The minimum Gasteiger partial charge on any atom is -0.453 e. The Hall–Kier alpha value is -0.770. The number of ether oxygens (including phenoxy) is 1. The van der Waals surface area contributed by atoms with Gasteiger partial charge < -0.3 is 15.2 Å². The van der Waals surface area contributed by atoms with Gasteiger partial charge in [-0.15, -0.1) is 0 Å². The number of alkyl carbamates (subject to hydrolysis) is 1. The van der Waals surface area contributed by atoms with Crippen LogP contribution in [-0.4, -0.2) is 31.0 Å². The van der Waals surface area contributed by atoms with Gasteiger partial charge in [0.15, 0.2) is 0 Å². The van der Waals surface area contributed by atoms with Crippen molar-refractivity contribution in [1.82, 2.24) is 5.32 Å². The van der Waals surface area contributed by atoms with Crippen LogP contribution in [0.1, 0.15) is 6.92 Å². The number of rotatable bonds is 2. The molecule has 9 heavy (non-hydrogen) atoms. The van der Waals surface area contributed by atoms with Crippen LogP contribution in [-0.2, 0) is 4.74 Å². The number of aliphatic hydroxyl groups excluding tert-OH is 1. The second-order valence-corrected chi connectivity index (χ2v) is 1.72. The van der Waals surface area contributed by atoms with E-state index in [9.17, 15) is 4.79 Å². The van der Waals surface area contributed by atoms with Crippen molar-refractivity contribution in [3.05, 3.63) is 0 Å². The second-order valence-electron chi connectivity index (χ2n) is 1.72. The van der Waals surface area contributed by atoms with E-state index in [1.165, 1.54) is 7.11 Å². The molecule has 0 saturated carbocycles. The van der Waals surface area contributed by atoms with Crippen LogP contribution < -0.4 is 5.32 Å². The van der Waals surface area contributed by atoms with Gasteiger partial charge >= 0.3 is 6.09 Å². The van der Waals surface area contributed by atoms with Crippen LogP contribution in [0.4, 0.5) is 4.79 Å². The van der Waals surface area contributed by atoms with Crippen LogP contribution in [0.15, 0.2) is 0 Å². The number of amides is 1. The summed E-state index contributed by atoms with van der Waals surface area (Å²) in [5.74, 6) is 0. The molecule has 0 unspecified atom stereocenters. The van der Waals surface area contributed by atoms with E-state index in [1.54, 1.807) is 6.92 Å². The Bertz CT molecular complexity index is 94.2. The predicted molar refractivity (Wildman–Crippen MR) is 32.1 cm³/mol. The summed E-state index contributed by atoms with van der Waals surface area (Å²) < 4.78 is 4.26. The number of hydrogen-bond acceptors (Lipinski definition) is 3. The third-order valence-corrected chi connectivity index (χ3v) is 0.824. The summed E-state index contributed by atoms with van der Waals surface area (Å²) in [6.45, 7) is 1.60. The standard InChI is InChI=1S/C5H11NO3/c1-4(3-7)6-5(8)9-2/h4,7H,3H2,1-2H3,(H,6,8)/t4-/m0/s1. The first-order valence-corrected chi connectivity index (χ1v) is 2.66. The molecule has 0 spiro atoms. The van der Waals surface area contributed by atoms with Gasteiger partial charge in [-0.25, -0.2) is 4.79 Å². The van der Waals surface area contributed by atoms with Crippen LogP contribution in [0.5, 0.6) is 0 Å². The van der Waals surface area contributed by atoms with Gasteiger partial charge in [0.05, 0.1) is 19.8 Å². The van der Waals surface area contributed by atoms with Crippen molar-refractivity contribution in [2.75, 3.05) is 13.7 Å². The number of carbonyl (C=O) groups excluding carboxylic acids is 1. The van der Waals surface area contributed by atoms with Gasteiger partial charge in [-0.3, -0.25) is 0 Å². The molecule has 0 fully saturated rings. The molecule has 1 atom stereocenters. The van der Waals surface area contributed by atoms with E-state index in [2.05, 4.69) is 10.1 Å². The molecule has 0 radical (unpaired) electrons. The number of hydrogen-bond donors (Lipinski definition) is 2. The first kappa shape index (κ1) is 8.23. The molecular weight excluding hydrogens is 122 g/mol. The van der Waals surface area contributed by atoms with E-state index in [0.29, 0.717) is 0 Å². The highest BCUT2D eigenvalue weighted by molar-refractivity contribution is 5.67. The number of methoxy groups -OCH3 is 1. The Morgan fingerprint density at radius 3 is 2.78 bits per heavy atom. The third-order valence-electron chi connectivity index (χ3n) is 0.824. The average Bonchev–Trinajstić information content (AvgIpc) is 1.87. The Labute approximate surface area is 53.8 Å². The van der Waals surface area contributed by atoms with Crippen molar-refractivity contribution >= 4 is 6.09 Å². The zero-order chi connectivity index (χ0) is 7.28. The van der Waals surface area contributed by atoms with E-state index in [0.717, 1.165) is 0 Å². The van der Waals surface area contributed by atoms with Crippen molar-refractivity contribution < 1.29 is 14.6 Å². The SMILES string of the molecule is COC(=O)N[C@@H](C)CO. The first-order valence-electron chi connectivity index (χ1n) is 2.66. The topological polar surface area (TPSA) is 58.6 Å². The van der Waals surface area contributed by atoms with Gasteiger partial charge in [0.2, 0.25) is 0 Å². The molecular formula is C5H11NO3. The Balaban J connectivity index is 3.34. The van der Waals surface area contributed by atoms with Gasteiger partial charge in [-0.2, -0.15) is 0 Å². The smallest absolute Gasteiger partial charge is 0.407 e. The summed E-state index contributed by atoms with van der Waals surface area (Å²) in [6.07, 6.45) is -0.517. The fraction of sp³-hybridized carbons (Fsp3) is 0.800. The maximum Gasteiger partial charge on any atom is 0.407 e. The highest BCUT2D eigenvalue weighted by Crippen LogP contribution is 1.79. The normalized spacial score (nSPS) is 12.3. The lowest BCUT2D eigenvalue weighted by Crippen LogP contribution is -2.34. The van der Waals surface area contributed by atoms with Crippen molar-refractivity contribution in [2.45, 2.75) is 13.0 Å². The van der Waals surface area contributed by atoms with Gasteiger partial charge in [0, 0.05) is 0 Å². The minimum absolute atomic E-state index is 0.0743. The lowest BCUT2D eigenvalue weighted by molar-refractivity contribution is 0.159. The molecule has 0 bridgehead atoms. The van der Waals surface area contributed by atoms with Crippen LogP contribution in [0.2, 0.25) is 0 Å². The Morgan fingerprint density at radius 1 is 1.89 bits per heavy atom. The fourth-order valence-corrected chi connectivity index (χ4v) is 0.306.